The highest BCUT2D eigenvalue weighted by Crippen LogP contribution is 2.44. The molecule has 0 atom stereocenters. The van der Waals surface area contributed by atoms with Crippen LogP contribution in [-0.4, -0.2) is 21.8 Å². The maximum Gasteiger partial charge on any atom is 0.343 e. The van der Waals surface area contributed by atoms with Gasteiger partial charge in [0.15, 0.2) is 0 Å². The van der Waals surface area contributed by atoms with Crippen LogP contribution in [0.4, 0.5) is 0 Å². The first-order valence-corrected chi connectivity index (χ1v) is 9.29. The third kappa shape index (κ3) is 4.72. The van der Waals surface area contributed by atoms with Gasteiger partial charge < -0.3 is 8.85 Å². The molecule has 0 aliphatic rings. The largest absolute Gasteiger partial charge is 0.394 e. The van der Waals surface area contributed by atoms with Crippen molar-refractivity contribution < 1.29 is 8.85 Å². The molecule has 0 aromatic rings. The number of hydrogen-bond donors (Lipinski definition) is 0. The van der Waals surface area contributed by atoms with Crippen molar-refractivity contribution in [3.8, 4) is 0 Å². The van der Waals surface area contributed by atoms with Crippen molar-refractivity contribution >= 4 is 8.56 Å². The van der Waals surface area contributed by atoms with Gasteiger partial charge in [0.2, 0.25) is 0 Å². The molecule has 0 aliphatic heterocycles. The van der Waals surface area contributed by atoms with Crippen LogP contribution in [0.1, 0.15) is 67.2 Å². The lowest BCUT2D eigenvalue weighted by Gasteiger charge is -2.42. The molecule has 0 unspecified atom stereocenters. The first-order valence-electron chi connectivity index (χ1n) is 7.27. The Kier molecular flexibility index (Phi) is 8.34. The Morgan fingerprint density at radius 2 is 1.41 bits per heavy atom. The summed E-state index contributed by atoms with van der Waals surface area (Å²) < 4.78 is 12.4. The summed E-state index contributed by atoms with van der Waals surface area (Å²) >= 11 is 0. The standard InChI is InChI=1S/C14H32O2Si/c1-7-11-12-13-17(15-9-3,16-10-4)14(5,6)8-2/h7-13H2,1-6H3. The van der Waals surface area contributed by atoms with Gasteiger partial charge in [-0.25, -0.2) is 0 Å². The predicted molar refractivity (Wildman–Crippen MR) is 77.7 cm³/mol. The van der Waals surface area contributed by atoms with Gasteiger partial charge in [0, 0.05) is 18.3 Å². The fraction of sp³-hybridized carbons (Fsp3) is 1.00. The lowest BCUT2D eigenvalue weighted by atomic mass is 10.1. The first-order chi connectivity index (χ1) is 7.99. The molecule has 0 radical (unpaired) electrons. The minimum absolute atomic E-state index is 0.201. The van der Waals surface area contributed by atoms with Gasteiger partial charge in [0.25, 0.3) is 0 Å². The number of rotatable bonds is 10. The van der Waals surface area contributed by atoms with Crippen LogP contribution in [0, 0.1) is 0 Å². The fourth-order valence-corrected chi connectivity index (χ4v) is 6.28. The molecule has 0 heterocycles. The van der Waals surface area contributed by atoms with Crippen molar-refractivity contribution in [2.75, 3.05) is 13.2 Å². The second-order valence-electron chi connectivity index (χ2n) is 5.31. The lowest BCUT2D eigenvalue weighted by molar-refractivity contribution is 0.155. The molecule has 3 heteroatoms. The van der Waals surface area contributed by atoms with Gasteiger partial charge in [-0.3, -0.25) is 0 Å². The Labute approximate surface area is 109 Å². The highest BCUT2D eigenvalue weighted by Gasteiger charge is 2.50. The average Bonchev–Trinajstić information content (AvgIpc) is 2.29. The highest BCUT2D eigenvalue weighted by atomic mass is 28.4. The fourth-order valence-electron chi connectivity index (χ4n) is 2.26. The van der Waals surface area contributed by atoms with Crippen LogP contribution in [0.5, 0.6) is 0 Å². The molecule has 104 valence electrons. The molecule has 0 bridgehead atoms. The van der Waals surface area contributed by atoms with E-state index in [4.69, 9.17) is 8.85 Å². The van der Waals surface area contributed by atoms with E-state index < -0.39 is 8.56 Å². The summed E-state index contributed by atoms with van der Waals surface area (Å²) in [7, 11) is -2.06. The number of hydrogen-bond acceptors (Lipinski definition) is 2. The van der Waals surface area contributed by atoms with Crippen molar-refractivity contribution in [3.05, 3.63) is 0 Å². The van der Waals surface area contributed by atoms with Gasteiger partial charge in [-0.1, -0.05) is 47.0 Å². The van der Waals surface area contributed by atoms with E-state index in [1.54, 1.807) is 0 Å². The molecule has 0 N–H and O–H groups in total. The minimum Gasteiger partial charge on any atom is -0.394 e. The first kappa shape index (κ1) is 17.1. The summed E-state index contributed by atoms with van der Waals surface area (Å²) in [6, 6.07) is 1.14. The quantitative estimate of drug-likeness (QED) is 0.411. The third-order valence-electron chi connectivity index (χ3n) is 3.78. The van der Waals surface area contributed by atoms with Gasteiger partial charge in [-0.2, -0.15) is 0 Å². The van der Waals surface area contributed by atoms with Crippen LogP contribution in [0.25, 0.3) is 0 Å². The molecule has 0 rings (SSSR count). The summed E-state index contributed by atoms with van der Waals surface area (Å²) in [6.07, 6.45) is 4.92. The smallest absolute Gasteiger partial charge is 0.343 e. The summed E-state index contributed by atoms with van der Waals surface area (Å²) in [5.74, 6) is 0. The molecule has 0 amide bonds. The lowest BCUT2D eigenvalue weighted by Crippen LogP contribution is -2.51. The third-order valence-corrected chi connectivity index (χ3v) is 8.72. The SMILES string of the molecule is CCCCC[Si](OCC)(OCC)C(C)(C)CC. The second kappa shape index (κ2) is 8.28. The summed E-state index contributed by atoms with van der Waals surface area (Å²) in [6.45, 7) is 14.9. The average molecular weight is 260 g/mol. The monoisotopic (exact) mass is 260 g/mol. The molecule has 0 saturated heterocycles. The highest BCUT2D eigenvalue weighted by molar-refractivity contribution is 6.70. The maximum atomic E-state index is 6.19. The zero-order valence-electron chi connectivity index (χ0n) is 12.8. The molecule has 0 spiro atoms. The van der Waals surface area contributed by atoms with E-state index in [0.29, 0.717) is 0 Å². The van der Waals surface area contributed by atoms with Gasteiger partial charge in [-0.05, 0) is 26.3 Å². The maximum absolute atomic E-state index is 6.19. The van der Waals surface area contributed by atoms with E-state index in [9.17, 15) is 0 Å². The topological polar surface area (TPSA) is 18.5 Å². The normalized spacial score (nSPS) is 13.1. The van der Waals surface area contributed by atoms with E-state index in [-0.39, 0.29) is 5.04 Å². The molecule has 17 heavy (non-hydrogen) atoms. The van der Waals surface area contributed by atoms with Crippen molar-refractivity contribution in [1.82, 2.24) is 0 Å². The molecule has 0 aliphatic carbocycles. The summed E-state index contributed by atoms with van der Waals surface area (Å²) in [5, 5.41) is 0.201. The minimum atomic E-state index is -2.06. The van der Waals surface area contributed by atoms with E-state index in [1.165, 1.54) is 19.3 Å². The van der Waals surface area contributed by atoms with Gasteiger partial charge in [0.05, 0.1) is 0 Å². The zero-order chi connectivity index (χ0) is 13.4. The van der Waals surface area contributed by atoms with Crippen molar-refractivity contribution in [2.24, 2.45) is 0 Å². The molecular formula is C14H32O2Si. The van der Waals surface area contributed by atoms with Crippen LogP contribution in [0.2, 0.25) is 11.1 Å². The van der Waals surface area contributed by atoms with Crippen molar-refractivity contribution in [3.63, 3.8) is 0 Å². The van der Waals surface area contributed by atoms with Crippen LogP contribution >= 0.6 is 0 Å². The Balaban J connectivity index is 4.84. The molecule has 0 aromatic heterocycles. The van der Waals surface area contributed by atoms with Gasteiger partial charge >= 0.3 is 8.56 Å². The Bertz CT molecular complexity index is 187. The zero-order valence-corrected chi connectivity index (χ0v) is 13.8. The van der Waals surface area contributed by atoms with E-state index in [2.05, 4.69) is 41.5 Å². The molecule has 0 aromatic carbocycles. The molecular weight excluding hydrogens is 228 g/mol. The van der Waals surface area contributed by atoms with E-state index in [0.717, 1.165) is 25.7 Å². The number of unbranched alkanes of at least 4 members (excludes halogenated alkanes) is 2. The van der Waals surface area contributed by atoms with Crippen LogP contribution in [0.15, 0.2) is 0 Å². The van der Waals surface area contributed by atoms with E-state index >= 15 is 0 Å². The molecule has 2 nitrogen and oxygen atoms in total. The van der Waals surface area contributed by atoms with Crippen molar-refractivity contribution in [2.45, 2.75) is 78.3 Å². The van der Waals surface area contributed by atoms with E-state index in [1.807, 2.05) is 0 Å². The second-order valence-corrected chi connectivity index (χ2v) is 9.25. The Morgan fingerprint density at radius 1 is 0.882 bits per heavy atom. The van der Waals surface area contributed by atoms with Crippen molar-refractivity contribution in [1.29, 1.82) is 0 Å². The van der Waals surface area contributed by atoms with Gasteiger partial charge in [-0.15, -0.1) is 0 Å². The summed E-state index contributed by atoms with van der Waals surface area (Å²) in [5.41, 5.74) is 0. The van der Waals surface area contributed by atoms with Crippen LogP contribution in [-0.2, 0) is 8.85 Å². The van der Waals surface area contributed by atoms with Crippen LogP contribution < -0.4 is 0 Å². The Morgan fingerprint density at radius 3 is 1.76 bits per heavy atom. The Hall–Kier alpha value is 0.137. The molecule has 0 saturated carbocycles. The predicted octanol–water partition coefficient (Wildman–Crippen LogP) is 4.88. The molecule has 0 fully saturated rings. The summed E-state index contributed by atoms with van der Waals surface area (Å²) in [4.78, 5) is 0. The van der Waals surface area contributed by atoms with Crippen LogP contribution in [0.3, 0.4) is 0 Å². The van der Waals surface area contributed by atoms with Gasteiger partial charge in [0.1, 0.15) is 0 Å².